The third kappa shape index (κ3) is 3.11. The molecule has 0 fully saturated rings. The summed E-state index contributed by atoms with van der Waals surface area (Å²) in [6.45, 7) is 2.80. The molecule has 1 nitrogen and oxygen atoms in total. The van der Waals surface area contributed by atoms with Crippen LogP contribution in [0.4, 0.5) is 13.2 Å². The van der Waals surface area contributed by atoms with Crippen molar-refractivity contribution in [2.24, 2.45) is 0 Å². The topological polar surface area (TPSA) is 20.2 Å². The summed E-state index contributed by atoms with van der Waals surface area (Å²) in [6.07, 6.45) is -4.45. The van der Waals surface area contributed by atoms with Gasteiger partial charge in [0.2, 0.25) is 0 Å². The Balaban J connectivity index is 3.30. The molecule has 5 heteroatoms. The summed E-state index contributed by atoms with van der Waals surface area (Å²) < 4.78 is 37.2. The van der Waals surface area contributed by atoms with E-state index in [2.05, 4.69) is 0 Å². The molecule has 15 heavy (non-hydrogen) atoms. The van der Waals surface area contributed by atoms with Crippen LogP contribution in [0.5, 0.6) is 0 Å². The number of aliphatic hydroxyl groups is 1. The standard InChI is InChI=1S/C10H10ClF3O/c1-9(2,15)6-3-7(10(12,13)14)5-8(11)4-6/h3-5,15H,1-2H3. The highest BCUT2D eigenvalue weighted by Crippen LogP contribution is 2.34. The maximum absolute atomic E-state index is 12.4. The summed E-state index contributed by atoms with van der Waals surface area (Å²) in [4.78, 5) is 0. The van der Waals surface area contributed by atoms with Crippen LogP contribution in [0.2, 0.25) is 5.02 Å². The zero-order chi connectivity index (χ0) is 11.9. The van der Waals surface area contributed by atoms with E-state index < -0.39 is 17.3 Å². The lowest BCUT2D eigenvalue weighted by molar-refractivity contribution is -0.137. The second kappa shape index (κ2) is 3.68. The Morgan fingerprint density at radius 3 is 1.93 bits per heavy atom. The Morgan fingerprint density at radius 2 is 1.53 bits per heavy atom. The van der Waals surface area contributed by atoms with Gasteiger partial charge in [-0.05, 0) is 37.6 Å². The monoisotopic (exact) mass is 238 g/mol. The van der Waals surface area contributed by atoms with E-state index in [1.807, 2.05) is 0 Å². The lowest BCUT2D eigenvalue weighted by Crippen LogP contribution is -2.17. The van der Waals surface area contributed by atoms with Crippen molar-refractivity contribution in [3.05, 3.63) is 34.3 Å². The van der Waals surface area contributed by atoms with Gasteiger partial charge in [0.25, 0.3) is 0 Å². The summed E-state index contributed by atoms with van der Waals surface area (Å²) in [7, 11) is 0. The van der Waals surface area contributed by atoms with E-state index in [1.165, 1.54) is 19.9 Å². The number of benzene rings is 1. The lowest BCUT2D eigenvalue weighted by Gasteiger charge is -2.19. The highest BCUT2D eigenvalue weighted by Gasteiger charge is 2.32. The van der Waals surface area contributed by atoms with Crippen LogP contribution >= 0.6 is 11.6 Å². The van der Waals surface area contributed by atoms with Crippen molar-refractivity contribution in [3.63, 3.8) is 0 Å². The van der Waals surface area contributed by atoms with Gasteiger partial charge in [0.05, 0.1) is 11.2 Å². The van der Waals surface area contributed by atoms with Crippen molar-refractivity contribution in [2.75, 3.05) is 0 Å². The van der Waals surface area contributed by atoms with Crippen molar-refractivity contribution in [1.29, 1.82) is 0 Å². The molecule has 1 N–H and O–H groups in total. The Labute approximate surface area is 90.5 Å². The molecule has 84 valence electrons. The van der Waals surface area contributed by atoms with Gasteiger partial charge in [0.1, 0.15) is 0 Å². The van der Waals surface area contributed by atoms with Crippen LogP contribution in [0, 0.1) is 0 Å². The van der Waals surface area contributed by atoms with Crippen LogP contribution in [-0.4, -0.2) is 5.11 Å². The van der Waals surface area contributed by atoms with Crippen molar-refractivity contribution >= 4 is 11.6 Å². The Bertz CT molecular complexity index is 334. The first-order chi connectivity index (χ1) is 6.60. The predicted octanol–water partition coefficient (Wildman–Crippen LogP) is 3.59. The molecule has 0 saturated heterocycles. The van der Waals surface area contributed by atoms with Gasteiger partial charge in [-0.2, -0.15) is 13.2 Å². The molecule has 0 spiro atoms. The van der Waals surface area contributed by atoms with E-state index in [0.29, 0.717) is 0 Å². The van der Waals surface area contributed by atoms with Gasteiger partial charge in [-0.3, -0.25) is 0 Å². The smallest absolute Gasteiger partial charge is 0.386 e. The molecule has 0 aliphatic heterocycles. The van der Waals surface area contributed by atoms with Crippen molar-refractivity contribution in [3.8, 4) is 0 Å². The molecule has 1 aromatic rings. The molecule has 0 atom stereocenters. The number of hydrogen-bond donors (Lipinski definition) is 1. The number of hydrogen-bond acceptors (Lipinski definition) is 1. The average Bonchev–Trinajstić information content (AvgIpc) is 1.99. The van der Waals surface area contributed by atoms with E-state index in [1.54, 1.807) is 0 Å². The van der Waals surface area contributed by atoms with Crippen LogP contribution in [0.15, 0.2) is 18.2 Å². The molecule has 0 unspecified atom stereocenters. The molecule has 0 heterocycles. The fraction of sp³-hybridized carbons (Fsp3) is 0.400. The summed E-state index contributed by atoms with van der Waals surface area (Å²) in [5, 5.41) is 9.54. The second-order valence-electron chi connectivity index (χ2n) is 3.79. The first-order valence-electron chi connectivity index (χ1n) is 4.21. The van der Waals surface area contributed by atoms with E-state index >= 15 is 0 Å². The maximum Gasteiger partial charge on any atom is 0.416 e. The fourth-order valence-corrected chi connectivity index (χ4v) is 1.34. The predicted molar refractivity (Wildman–Crippen MR) is 51.7 cm³/mol. The van der Waals surface area contributed by atoms with E-state index in [4.69, 9.17) is 11.6 Å². The summed E-state index contributed by atoms with van der Waals surface area (Å²) in [5.74, 6) is 0. The van der Waals surface area contributed by atoms with E-state index in [-0.39, 0.29) is 10.6 Å². The molecule has 0 aliphatic rings. The highest BCUT2D eigenvalue weighted by atomic mass is 35.5. The minimum absolute atomic E-state index is 0.0399. The zero-order valence-electron chi connectivity index (χ0n) is 8.19. The van der Waals surface area contributed by atoms with E-state index in [9.17, 15) is 18.3 Å². The van der Waals surface area contributed by atoms with Gasteiger partial charge < -0.3 is 5.11 Å². The van der Waals surface area contributed by atoms with Crippen LogP contribution in [0.1, 0.15) is 25.0 Å². The maximum atomic E-state index is 12.4. The van der Waals surface area contributed by atoms with Gasteiger partial charge in [0.15, 0.2) is 0 Å². The second-order valence-corrected chi connectivity index (χ2v) is 4.22. The van der Waals surface area contributed by atoms with Crippen molar-refractivity contribution in [2.45, 2.75) is 25.6 Å². The van der Waals surface area contributed by atoms with Gasteiger partial charge in [-0.15, -0.1) is 0 Å². The first kappa shape index (κ1) is 12.3. The fourth-order valence-electron chi connectivity index (χ4n) is 1.11. The summed E-state index contributed by atoms with van der Waals surface area (Å²) >= 11 is 5.55. The molecule has 0 aliphatic carbocycles. The van der Waals surface area contributed by atoms with Gasteiger partial charge in [0, 0.05) is 5.02 Å². The Hall–Kier alpha value is -0.740. The van der Waals surface area contributed by atoms with Gasteiger partial charge >= 0.3 is 6.18 Å². The van der Waals surface area contributed by atoms with E-state index in [0.717, 1.165) is 12.1 Å². The zero-order valence-corrected chi connectivity index (χ0v) is 8.95. The largest absolute Gasteiger partial charge is 0.416 e. The van der Waals surface area contributed by atoms with Crippen LogP contribution in [0.25, 0.3) is 0 Å². The lowest BCUT2D eigenvalue weighted by atomic mass is 9.96. The molecule has 1 rings (SSSR count). The SMILES string of the molecule is CC(C)(O)c1cc(Cl)cc(C(F)(F)F)c1. The minimum Gasteiger partial charge on any atom is -0.386 e. The molecule has 0 radical (unpaired) electrons. The normalized spacial score (nSPS) is 13.0. The number of rotatable bonds is 1. The minimum atomic E-state index is -4.45. The number of halogens is 4. The Morgan fingerprint density at radius 1 is 1.07 bits per heavy atom. The molecular weight excluding hydrogens is 229 g/mol. The molecule has 0 amide bonds. The first-order valence-corrected chi connectivity index (χ1v) is 4.59. The molecule has 0 aromatic heterocycles. The van der Waals surface area contributed by atoms with Crippen LogP contribution < -0.4 is 0 Å². The summed E-state index contributed by atoms with van der Waals surface area (Å²) in [5.41, 5.74) is -2.06. The molecular formula is C10H10ClF3O. The van der Waals surface area contributed by atoms with Gasteiger partial charge in [-0.25, -0.2) is 0 Å². The summed E-state index contributed by atoms with van der Waals surface area (Å²) in [6, 6.07) is 3.04. The van der Waals surface area contributed by atoms with Gasteiger partial charge in [-0.1, -0.05) is 11.6 Å². The highest BCUT2D eigenvalue weighted by molar-refractivity contribution is 6.30. The van der Waals surface area contributed by atoms with Crippen molar-refractivity contribution < 1.29 is 18.3 Å². The van der Waals surface area contributed by atoms with Crippen LogP contribution in [0.3, 0.4) is 0 Å². The Kier molecular flexibility index (Phi) is 3.03. The van der Waals surface area contributed by atoms with Crippen molar-refractivity contribution in [1.82, 2.24) is 0 Å². The third-order valence-corrected chi connectivity index (χ3v) is 2.15. The average molecular weight is 239 g/mol. The molecule has 0 bridgehead atoms. The molecule has 1 aromatic carbocycles. The quantitative estimate of drug-likeness (QED) is 0.793. The van der Waals surface area contributed by atoms with Crippen LogP contribution in [-0.2, 0) is 11.8 Å². The number of alkyl halides is 3. The third-order valence-electron chi connectivity index (χ3n) is 1.93. The molecule has 0 saturated carbocycles.